The maximum Gasteiger partial charge on any atom is 0.267 e. The van der Waals surface area contributed by atoms with Crippen molar-refractivity contribution < 1.29 is 9.32 Å². The number of aromatic amines is 1. The summed E-state index contributed by atoms with van der Waals surface area (Å²) in [5.41, 5.74) is 1.60. The standard InChI is InChI=1S/C22H29N5O2/c1-15(2)10-21-25-20(26-29-21)14-27-9-5-6-16(13-27)12-23-22(28)19-11-17-7-3-4-8-18(17)24-19/h3-4,7-8,11,15-16,24H,5-6,9-10,12-14H2,1-2H3,(H,23,28). The summed E-state index contributed by atoms with van der Waals surface area (Å²) in [6.07, 6.45) is 3.05. The molecule has 4 rings (SSSR count). The molecule has 7 heteroatoms. The van der Waals surface area contributed by atoms with Crippen LogP contribution < -0.4 is 5.32 Å². The van der Waals surface area contributed by atoms with Gasteiger partial charge in [-0.2, -0.15) is 4.98 Å². The van der Waals surface area contributed by atoms with Crippen molar-refractivity contribution in [1.29, 1.82) is 0 Å². The van der Waals surface area contributed by atoms with Gasteiger partial charge in [0.05, 0.1) is 6.54 Å². The Morgan fingerprint density at radius 2 is 2.24 bits per heavy atom. The third kappa shape index (κ3) is 5.03. The largest absolute Gasteiger partial charge is 0.351 e. The molecule has 1 aliphatic heterocycles. The predicted octanol–water partition coefficient (Wildman–Crippen LogP) is 3.39. The molecular weight excluding hydrogens is 366 g/mol. The fraction of sp³-hybridized carbons (Fsp3) is 0.500. The number of nitrogens with zero attached hydrogens (tertiary/aromatic N) is 3. The van der Waals surface area contributed by atoms with Gasteiger partial charge in [-0.15, -0.1) is 0 Å². The summed E-state index contributed by atoms with van der Waals surface area (Å²) in [5, 5.41) is 8.27. The van der Waals surface area contributed by atoms with Gasteiger partial charge in [0.1, 0.15) is 5.69 Å². The van der Waals surface area contributed by atoms with Crippen LogP contribution in [0.3, 0.4) is 0 Å². The number of nitrogens with one attached hydrogen (secondary N) is 2. The second-order valence-electron chi connectivity index (χ2n) is 8.43. The van der Waals surface area contributed by atoms with Crippen molar-refractivity contribution in [2.24, 2.45) is 11.8 Å². The topological polar surface area (TPSA) is 87.0 Å². The van der Waals surface area contributed by atoms with Crippen LogP contribution in [0.1, 0.15) is 48.9 Å². The lowest BCUT2D eigenvalue weighted by molar-refractivity contribution is 0.0925. The van der Waals surface area contributed by atoms with Crippen LogP contribution in [0.5, 0.6) is 0 Å². The fourth-order valence-electron chi connectivity index (χ4n) is 3.98. The van der Waals surface area contributed by atoms with E-state index in [1.54, 1.807) is 0 Å². The quantitative estimate of drug-likeness (QED) is 0.640. The summed E-state index contributed by atoms with van der Waals surface area (Å²) >= 11 is 0. The number of amides is 1. The first kappa shape index (κ1) is 19.6. The van der Waals surface area contributed by atoms with E-state index in [2.05, 4.69) is 39.2 Å². The number of hydrogen-bond donors (Lipinski definition) is 2. The Hall–Kier alpha value is -2.67. The Balaban J connectivity index is 1.28. The molecular formula is C22H29N5O2. The van der Waals surface area contributed by atoms with Crippen molar-refractivity contribution in [3.8, 4) is 0 Å². The molecule has 0 aliphatic carbocycles. The molecule has 1 atom stereocenters. The van der Waals surface area contributed by atoms with E-state index in [0.717, 1.165) is 49.1 Å². The van der Waals surface area contributed by atoms with Gasteiger partial charge in [-0.25, -0.2) is 0 Å². The van der Waals surface area contributed by atoms with Crippen molar-refractivity contribution in [2.75, 3.05) is 19.6 Å². The van der Waals surface area contributed by atoms with Crippen LogP contribution in [0.15, 0.2) is 34.9 Å². The normalized spacial score (nSPS) is 17.8. The van der Waals surface area contributed by atoms with Gasteiger partial charge >= 0.3 is 0 Å². The van der Waals surface area contributed by atoms with Gasteiger partial charge in [0.2, 0.25) is 5.89 Å². The average Bonchev–Trinajstić information content (AvgIpc) is 3.32. The van der Waals surface area contributed by atoms with Gasteiger partial charge in [-0.3, -0.25) is 9.69 Å². The molecule has 1 unspecified atom stereocenters. The van der Waals surface area contributed by atoms with Gasteiger partial charge in [0.15, 0.2) is 5.82 Å². The maximum atomic E-state index is 12.5. The van der Waals surface area contributed by atoms with Gasteiger partial charge in [-0.1, -0.05) is 37.2 Å². The Bertz CT molecular complexity index is 928. The molecule has 2 N–H and O–H groups in total. The second kappa shape index (κ2) is 8.78. The minimum absolute atomic E-state index is 0.0465. The van der Waals surface area contributed by atoms with Crippen LogP contribution in [0.4, 0.5) is 0 Å². The number of likely N-dealkylation sites (tertiary alicyclic amines) is 1. The first-order valence-electron chi connectivity index (χ1n) is 10.5. The number of aromatic nitrogens is 3. The highest BCUT2D eigenvalue weighted by Crippen LogP contribution is 2.19. The number of piperidine rings is 1. The van der Waals surface area contributed by atoms with Gasteiger partial charge in [0, 0.05) is 30.4 Å². The minimum atomic E-state index is -0.0465. The number of benzene rings is 1. The maximum absolute atomic E-state index is 12.5. The number of rotatable bonds is 7. The zero-order chi connectivity index (χ0) is 20.2. The summed E-state index contributed by atoms with van der Waals surface area (Å²) in [5.74, 6) is 2.36. The van der Waals surface area contributed by atoms with Crippen molar-refractivity contribution in [3.05, 3.63) is 47.7 Å². The molecule has 29 heavy (non-hydrogen) atoms. The number of carbonyl (C=O) groups excluding carboxylic acids is 1. The summed E-state index contributed by atoms with van der Waals surface area (Å²) in [7, 11) is 0. The summed E-state index contributed by atoms with van der Waals surface area (Å²) < 4.78 is 5.35. The molecule has 3 aromatic rings. The molecule has 0 saturated carbocycles. The molecule has 0 bridgehead atoms. The summed E-state index contributed by atoms with van der Waals surface area (Å²) in [6.45, 7) is 7.62. The Kier molecular flexibility index (Phi) is 5.94. The van der Waals surface area contributed by atoms with Crippen LogP contribution >= 0.6 is 0 Å². The smallest absolute Gasteiger partial charge is 0.267 e. The van der Waals surface area contributed by atoms with Gasteiger partial charge in [-0.05, 0) is 43.4 Å². The van der Waals surface area contributed by atoms with Crippen molar-refractivity contribution >= 4 is 16.8 Å². The number of hydrogen-bond acceptors (Lipinski definition) is 5. The first-order chi connectivity index (χ1) is 14.1. The molecule has 1 amide bonds. The molecule has 1 aromatic carbocycles. The lowest BCUT2D eigenvalue weighted by Crippen LogP contribution is -2.40. The highest BCUT2D eigenvalue weighted by molar-refractivity contribution is 5.97. The molecule has 0 radical (unpaired) electrons. The van der Waals surface area contributed by atoms with E-state index in [1.807, 2.05) is 30.3 Å². The van der Waals surface area contributed by atoms with Crippen molar-refractivity contribution in [1.82, 2.24) is 25.3 Å². The predicted molar refractivity (Wildman–Crippen MR) is 111 cm³/mol. The number of fused-ring (bicyclic) bond motifs is 1. The molecule has 1 fully saturated rings. The lowest BCUT2D eigenvalue weighted by atomic mass is 9.98. The summed E-state index contributed by atoms with van der Waals surface area (Å²) in [6, 6.07) is 9.83. The Morgan fingerprint density at radius 1 is 1.38 bits per heavy atom. The summed E-state index contributed by atoms with van der Waals surface area (Å²) in [4.78, 5) is 22.6. The third-order valence-corrected chi connectivity index (χ3v) is 5.39. The first-order valence-corrected chi connectivity index (χ1v) is 10.5. The second-order valence-corrected chi connectivity index (χ2v) is 8.43. The highest BCUT2D eigenvalue weighted by Gasteiger charge is 2.22. The van der Waals surface area contributed by atoms with E-state index in [4.69, 9.17) is 4.52 Å². The van der Waals surface area contributed by atoms with Gasteiger partial charge in [0.25, 0.3) is 5.91 Å². The van der Waals surface area contributed by atoms with E-state index in [1.165, 1.54) is 0 Å². The zero-order valence-electron chi connectivity index (χ0n) is 17.1. The van der Waals surface area contributed by atoms with E-state index < -0.39 is 0 Å². The molecule has 154 valence electrons. The van der Waals surface area contributed by atoms with E-state index in [9.17, 15) is 4.79 Å². The van der Waals surface area contributed by atoms with Crippen LogP contribution in [-0.2, 0) is 13.0 Å². The van der Waals surface area contributed by atoms with Crippen LogP contribution in [0, 0.1) is 11.8 Å². The SMILES string of the molecule is CC(C)Cc1nc(CN2CCCC(CNC(=O)c3cc4ccccc4[nH]3)C2)no1. The number of carbonyl (C=O) groups is 1. The highest BCUT2D eigenvalue weighted by atomic mass is 16.5. The third-order valence-electron chi connectivity index (χ3n) is 5.39. The van der Waals surface area contributed by atoms with E-state index in [0.29, 0.717) is 36.5 Å². The van der Waals surface area contributed by atoms with E-state index in [-0.39, 0.29) is 5.91 Å². The van der Waals surface area contributed by atoms with Crippen LogP contribution in [0.25, 0.3) is 10.9 Å². The average molecular weight is 396 g/mol. The van der Waals surface area contributed by atoms with E-state index >= 15 is 0 Å². The van der Waals surface area contributed by atoms with Crippen LogP contribution in [-0.4, -0.2) is 45.6 Å². The number of H-pyrrole nitrogens is 1. The monoisotopic (exact) mass is 395 g/mol. The molecule has 0 spiro atoms. The fourth-order valence-corrected chi connectivity index (χ4v) is 3.98. The minimum Gasteiger partial charge on any atom is -0.351 e. The van der Waals surface area contributed by atoms with Crippen molar-refractivity contribution in [3.63, 3.8) is 0 Å². The molecule has 7 nitrogen and oxygen atoms in total. The van der Waals surface area contributed by atoms with Crippen molar-refractivity contribution in [2.45, 2.75) is 39.7 Å². The Morgan fingerprint density at radius 3 is 3.07 bits per heavy atom. The molecule has 1 aliphatic rings. The lowest BCUT2D eigenvalue weighted by Gasteiger charge is -2.31. The van der Waals surface area contributed by atoms with Crippen LogP contribution in [0.2, 0.25) is 0 Å². The Labute approximate surface area is 170 Å². The zero-order valence-corrected chi connectivity index (χ0v) is 17.1. The molecule has 1 saturated heterocycles. The molecule has 3 heterocycles. The molecule has 2 aromatic heterocycles. The number of para-hydroxylation sites is 1. The van der Waals surface area contributed by atoms with Gasteiger partial charge < -0.3 is 14.8 Å².